The second kappa shape index (κ2) is 13.1. The van der Waals surface area contributed by atoms with Gasteiger partial charge in [-0.05, 0) is 62.8 Å². The number of anilines is 1. The van der Waals surface area contributed by atoms with Gasteiger partial charge < -0.3 is 20.3 Å². The van der Waals surface area contributed by atoms with Gasteiger partial charge in [-0.2, -0.15) is 0 Å². The second-order valence-electron chi connectivity index (χ2n) is 8.90. The van der Waals surface area contributed by atoms with E-state index in [9.17, 15) is 0 Å². The number of rotatable bonds is 7. The zero-order chi connectivity index (χ0) is 22.2. The molecule has 0 saturated carbocycles. The number of ether oxygens (including phenoxy) is 1. The van der Waals surface area contributed by atoms with Crippen molar-refractivity contribution in [3.63, 3.8) is 0 Å². The van der Waals surface area contributed by atoms with Gasteiger partial charge in [-0.3, -0.25) is 0 Å². The van der Waals surface area contributed by atoms with Crippen molar-refractivity contribution in [3.8, 4) is 0 Å². The lowest BCUT2D eigenvalue weighted by molar-refractivity contribution is -0.0265. The lowest BCUT2D eigenvalue weighted by Gasteiger charge is -2.32. The van der Waals surface area contributed by atoms with Gasteiger partial charge in [0.15, 0.2) is 5.96 Å². The Morgan fingerprint density at radius 3 is 2.67 bits per heavy atom. The number of aryl methyl sites for hydroxylation is 1. The number of aromatic nitrogens is 1. The Labute approximate surface area is 215 Å². The molecule has 2 aromatic rings. The minimum atomic E-state index is 0. The molecule has 2 fully saturated rings. The average molecular weight is 564 g/mol. The molecule has 7 heteroatoms. The number of hydrogen-bond donors (Lipinski definition) is 2. The van der Waals surface area contributed by atoms with Crippen LogP contribution in [0.15, 0.2) is 47.6 Å². The number of nitrogens with one attached hydrogen (secondary N) is 2. The maximum absolute atomic E-state index is 6.19. The zero-order valence-electron chi connectivity index (χ0n) is 19.9. The minimum absolute atomic E-state index is 0. The third kappa shape index (κ3) is 7.30. The largest absolute Gasteiger partial charge is 0.373 e. The van der Waals surface area contributed by atoms with E-state index in [0.717, 1.165) is 57.4 Å². The smallest absolute Gasteiger partial charge is 0.191 e. The van der Waals surface area contributed by atoms with Crippen LogP contribution in [0.2, 0.25) is 0 Å². The summed E-state index contributed by atoms with van der Waals surface area (Å²) in [6, 6.07) is 13.0. The van der Waals surface area contributed by atoms with Gasteiger partial charge in [-0.1, -0.05) is 29.8 Å². The molecule has 2 aliphatic rings. The monoisotopic (exact) mass is 563 g/mol. The number of benzene rings is 1. The second-order valence-corrected chi connectivity index (χ2v) is 8.90. The summed E-state index contributed by atoms with van der Waals surface area (Å²) < 4.78 is 6.19. The highest BCUT2D eigenvalue weighted by Gasteiger charge is 2.27. The number of nitrogens with zero attached hydrogens (tertiary/aromatic N) is 3. The lowest BCUT2D eigenvalue weighted by atomic mass is 9.89. The summed E-state index contributed by atoms with van der Waals surface area (Å²) in [5.41, 5.74) is 3.75. The van der Waals surface area contributed by atoms with Crippen molar-refractivity contribution < 1.29 is 4.74 Å². The predicted octanol–water partition coefficient (Wildman–Crippen LogP) is 4.83. The van der Waals surface area contributed by atoms with Crippen molar-refractivity contribution in [1.29, 1.82) is 0 Å². The van der Waals surface area contributed by atoms with Crippen molar-refractivity contribution in [2.45, 2.75) is 52.2 Å². The first-order chi connectivity index (χ1) is 15.7. The highest BCUT2D eigenvalue weighted by Crippen LogP contribution is 2.33. The van der Waals surface area contributed by atoms with E-state index in [-0.39, 0.29) is 30.1 Å². The number of halogens is 1. The van der Waals surface area contributed by atoms with Crippen molar-refractivity contribution in [2.75, 3.05) is 37.7 Å². The summed E-state index contributed by atoms with van der Waals surface area (Å²) in [5, 5.41) is 6.97. The van der Waals surface area contributed by atoms with E-state index in [4.69, 9.17) is 9.73 Å². The molecule has 2 saturated heterocycles. The zero-order valence-corrected chi connectivity index (χ0v) is 22.3. The SMILES string of the molecule is CCNC(=NCc1ccnc(N2CCCC2)c1)NCC1CCCOC1c1ccc(C)cc1.I. The van der Waals surface area contributed by atoms with Crippen LogP contribution in [0, 0.1) is 12.8 Å². The Bertz CT molecular complexity index is 883. The fourth-order valence-corrected chi connectivity index (χ4v) is 4.59. The maximum Gasteiger partial charge on any atom is 0.191 e. The van der Waals surface area contributed by atoms with E-state index >= 15 is 0 Å². The van der Waals surface area contributed by atoms with Crippen LogP contribution in [0.5, 0.6) is 0 Å². The average Bonchev–Trinajstić information content (AvgIpc) is 3.37. The summed E-state index contributed by atoms with van der Waals surface area (Å²) in [6.07, 6.45) is 6.83. The van der Waals surface area contributed by atoms with Crippen molar-refractivity contribution in [1.82, 2.24) is 15.6 Å². The van der Waals surface area contributed by atoms with E-state index in [1.807, 2.05) is 6.20 Å². The molecule has 180 valence electrons. The van der Waals surface area contributed by atoms with Gasteiger partial charge in [-0.25, -0.2) is 9.98 Å². The van der Waals surface area contributed by atoms with Crippen molar-refractivity contribution in [2.24, 2.45) is 10.9 Å². The molecular weight excluding hydrogens is 525 g/mol. The van der Waals surface area contributed by atoms with Crippen LogP contribution in [-0.2, 0) is 11.3 Å². The highest BCUT2D eigenvalue weighted by atomic mass is 127. The van der Waals surface area contributed by atoms with Gasteiger partial charge in [0, 0.05) is 44.9 Å². The first-order valence-corrected chi connectivity index (χ1v) is 12.1. The van der Waals surface area contributed by atoms with Gasteiger partial charge in [0.2, 0.25) is 0 Å². The molecule has 0 amide bonds. The number of hydrogen-bond acceptors (Lipinski definition) is 4. The molecule has 0 spiro atoms. The summed E-state index contributed by atoms with van der Waals surface area (Å²) in [6.45, 7) is 9.61. The summed E-state index contributed by atoms with van der Waals surface area (Å²) in [5.74, 6) is 2.37. The predicted molar refractivity (Wildman–Crippen MR) is 147 cm³/mol. The topological polar surface area (TPSA) is 61.8 Å². The van der Waals surface area contributed by atoms with Gasteiger partial charge in [-0.15, -0.1) is 24.0 Å². The first kappa shape index (κ1) is 25.7. The molecule has 2 atom stereocenters. The minimum Gasteiger partial charge on any atom is -0.373 e. The van der Waals surface area contributed by atoms with Gasteiger partial charge in [0.05, 0.1) is 12.6 Å². The molecule has 1 aromatic carbocycles. The summed E-state index contributed by atoms with van der Waals surface area (Å²) in [4.78, 5) is 11.8. The molecule has 2 N–H and O–H groups in total. The maximum atomic E-state index is 6.19. The van der Waals surface area contributed by atoms with Gasteiger partial charge in [0.1, 0.15) is 5.82 Å². The van der Waals surface area contributed by atoms with Crippen LogP contribution in [0.25, 0.3) is 0 Å². The Hall–Kier alpha value is -1.87. The molecule has 33 heavy (non-hydrogen) atoms. The van der Waals surface area contributed by atoms with Crippen LogP contribution < -0.4 is 15.5 Å². The van der Waals surface area contributed by atoms with E-state index in [1.54, 1.807) is 0 Å². The third-order valence-electron chi connectivity index (χ3n) is 6.39. The normalized spacial score (nSPS) is 20.9. The number of aliphatic imine (C=N–C) groups is 1. The van der Waals surface area contributed by atoms with E-state index in [1.165, 1.54) is 29.5 Å². The molecule has 6 nitrogen and oxygen atoms in total. The fourth-order valence-electron chi connectivity index (χ4n) is 4.59. The Balaban J connectivity index is 0.00000306. The summed E-state index contributed by atoms with van der Waals surface area (Å²) >= 11 is 0. The van der Waals surface area contributed by atoms with E-state index < -0.39 is 0 Å². The quantitative estimate of drug-likeness (QED) is 0.287. The van der Waals surface area contributed by atoms with Crippen molar-refractivity contribution >= 4 is 35.8 Å². The molecule has 0 radical (unpaired) electrons. The first-order valence-electron chi connectivity index (χ1n) is 12.1. The Morgan fingerprint density at radius 1 is 1.12 bits per heavy atom. The summed E-state index contributed by atoms with van der Waals surface area (Å²) in [7, 11) is 0. The van der Waals surface area contributed by atoms with Gasteiger partial charge in [0.25, 0.3) is 0 Å². The van der Waals surface area contributed by atoms with Crippen LogP contribution in [0.4, 0.5) is 5.82 Å². The molecule has 3 heterocycles. The van der Waals surface area contributed by atoms with Crippen molar-refractivity contribution in [3.05, 3.63) is 59.3 Å². The van der Waals surface area contributed by atoms with Crippen LogP contribution in [0.1, 0.15) is 55.4 Å². The highest BCUT2D eigenvalue weighted by molar-refractivity contribution is 14.0. The van der Waals surface area contributed by atoms with Gasteiger partial charge >= 0.3 is 0 Å². The standard InChI is InChI=1S/C26H37N5O.HI/c1-3-27-26(29-18-21-12-13-28-24(17-21)31-14-4-5-15-31)30-19-23-7-6-16-32-25(23)22-10-8-20(2)9-11-22;/h8-13,17,23,25H,3-7,14-16,18-19H2,1-2H3,(H2,27,29,30);1H. The molecule has 1 aromatic heterocycles. The Morgan fingerprint density at radius 2 is 1.91 bits per heavy atom. The number of pyridine rings is 1. The molecule has 2 aliphatic heterocycles. The molecular formula is C26H38IN5O. The molecule has 0 bridgehead atoms. The molecule has 2 unspecified atom stereocenters. The fraction of sp³-hybridized carbons (Fsp3) is 0.538. The van der Waals surface area contributed by atoms with E-state index in [0.29, 0.717) is 12.5 Å². The molecule has 4 rings (SSSR count). The van der Waals surface area contributed by atoms with Crippen LogP contribution in [0.3, 0.4) is 0 Å². The molecule has 0 aliphatic carbocycles. The van der Waals surface area contributed by atoms with E-state index in [2.05, 4.69) is 70.8 Å². The van der Waals surface area contributed by atoms with Crippen LogP contribution in [-0.4, -0.2) is 43.7 Å². The Kier molecular flexibility index (Phi) is 10.2. The van der Waals surface area contributed by atoms with Crippen LogP contribution >= 0.6 is 24.0 Å². The third-order valence-corrected chi connectivity index (χ3v) is 6.39. The number of guanidine groups is 1. The lowest BCUT2D eigenvalue weighted by Crippen LogP contribution is -2.42.